The quantitative estimate of drug-likeness (QED) is 0.458. The SMILES string of the molecule is COCCN(C(=O)C(Cl)Cl)C(C)c1nc2ccccc2c(=O)n1-c1ccc(Cl)cc1C. The molecular weight excluding hydrogens is 461 g/mol. The maximum atomic E-state index is 13.5. The van der Waals surface area contributed by atoms with Crippen molar-refractivity contribution in [2.75, 3.05) is 20.3 Å². The molecule has 6 nitrogen and oxygen atoms in total. The Morgan fingerprint density at radius 2 is 1.94 bits per heavy atom. The van der Waals surface area contributed by atoms with Crippen molar-refractivity contribution in [2.24, 2.45) is 0 Å². The van der Waals surface area contributed by atoms with Crippen molar-refractivity contribution in [1.29, 1.82) is 0 Å². The minimum atomic E-state index is -1.25. The van der Waals surface area contributed by atoms with E-state index in [9.17, 15) is 9.59 Å². The van der Waals surface area contributed by atoms with Gasteiger partial charge in [0.25, 0.3) is 11.5 Å². The normalized spacial score (nSPS) is 12.4. The molecule has 31 heavy (non-hydrogen) atoms. The number of nitrogens with zero attached hydrogens (tertiary/aromatic N) is 3. The van der Waals surface area contributed by atoms with Crippen molar-refractivity contribution in [1.82, 2.24) is 14.5 Å². The zero-order valence-corrected chi connectivity index (χ0v) is 19.6. The van der Waals surface area contributed by atoms with Crippen LogP contribution in [0.15, 0.2) is 47.3 Å². The predicted molar refractivity (Wildman–Crippen MR) is 125 cm³/mol. The number of para-hydroxylation sites is 1. The lowest BCUT2D eigenvalue weighted by Gasteiger charge is -2.31. The van der Waals surface area contributed by atoms with Gasteiger partial charge in [-0.15, -0.1) is 0 Å². The van der Waals surface area contributed by atoms with Gasteiger partial charge in [0.1, 0.15) is 5.82 Å². The van der Waals surface area contributed by atoms with Crippen LogP contribution in [0.25, 0.3) is 16.6 Å². The molecule has 1 heterocycles. The Morgan fingerprint density at radius 3 is 2.58 bits per heavy atom. The summed E-state index contributed by atoms with van der Waals surface area (Å²) in [6, 6.07) is 11.7. The number of alkyl halides is 2. The number of ether oxygens (including phenoxy) is 1. The summed E-state index contributed by atoms with van der Waals surface area (Å²) in [5, 5.41) is 1.02. The van der Waals surface area contributed by atoms with E-state index in [2.05, 4.69) is 0 Å². The molecule has 9 heteroatoms. The molecule has 164 valence electrons. The number of benzene rings is 2. The molecule has 0 saturated heterocycles. The molecule has 0 aliphatic rings. The van der Waals surface area contributed by atoms with E-state index in [4.69, 9.17) is 44.5 Å². The van der Waals surface area contributed by atoms with Crippen LogP contribution in [0.2, 0.25) is 5.02 Å². The van der Waals surface area contributed by atoms with Gasteiger partial charge in [-0.05, 0) is 49.7 Å². The van der Waals surface area contributed by atoms with E-state index in [1.807, 2.05) is 13.0 Å². The predicted octanol–water partition coefficient (Wildman–Crippen LogP) is 4.69. The summed E-state index contributed by atoms with van der Waals surface area (Å²) >= 11 is 17.9. The number of carbonyl (C=O) groups is 1. The average Bonchev–Trinajstić information content (AvgIpc) is 2.74. The van der Waals surface area contributed by atoms with Gasteiger partial charge in [0.15, 0.2) is 4.84 Å². The van der Waals surface area contributed by atoms with E-state index in [1.165, 1.54) is 16.6 Å². The van der Waals surface area contributed by atoms with Crippen LogP contribution in [0.4, 0.5) is 0 Å². The minimum absolute atomic E-state index is 0.231. The summed E-state index contributed by atoms with van der Waals surface area (Å²) in [6.45, 7) is 4.14. The van der Waals surface area contributed by atoms with E-state index in [-0.39, 0.29) is 18.7 Å². The van der Waals surface area contributed by atoms with Gasteiger partial charge in [-0.1, -0.05) is 46.9 Å². The van der Waals surface area contributed by atoms with Gasteiger partial charge in [0.05, 0.1) is 29.2 Å². The third-order valence-corrected chi connectivity index (χ3v) is 5.66. The highest BCUT2D eigenvalue weighted by molar-refractivity contribution is 6.53. The first-order valence-corrected chi connectivity index (χ1v) is 10.9. The molecule has 3 rings (SSSR count). The topological polar surface area (TPSA) is 64.4 Å². The number of halogens is 3. The number of carbonyl (C=O) groups excluding carboxylic acids is 1. The third-order valence-electron chi connectivity index (χ3n) is 5.05. The largest absolute Gasteiger partial charge is 0.383 e. The second kappa shape index (κ2) is 10.0. The maximum absolute atomic E-state index is 13.5. The summed E-state index contributed by atoms with van der Waals surface area (Å²) in [5.41, 5.74) is 1.71. The Balaban J connectivity index is 2.29. The van der Waals surface area contributed by atoms with Crippen molar-refractivity contribution >= 4 is 51.6 Å². The summed E-state index contributed by atoms with van der Waals surface area (Å²) in [7, 11) is 1.54. The molecule has 3 aromatic rings. The van der Waals surface area contributed by atoms with Crippen LogP contribution in [0.3, 0.4) is 0 Å². The number of amides is 1. The smallest absolute Gasteiger partial charge is 0.266 e. The van der Waals surface area contributed by atoms with E-state index in [0.29, 0.717) is 27.4 Å². The Labute approximate surface area is 195 Å². The van der Waals surface area contributed by atoms with Crippen LogP contribution in [-0.4, -0.2) is 45.5 Å². The van der Waals surface area contributed by atoms with E-state index in [1.54, 1.807) is 43.3 Å². The van der Waals surface area contributed by atoms with Gasteiger partial charge in [-0.3, -0.25) is 14.2 Å². The van der Waals surface area contributed by atoms with Crippen molar-refractivity contribution in [3.63, 3.8) is 0 Å². The number of rotatable bonds is 7. The van der Waals surface area contributed by atoms with Gasteiger partial charge >= 0.3 is 0 Å². The molecule has 1 amide bonds. The van der Waals surface area contributed by atoms with Crippen LogP contribution in [0.1, 0.15) is 24.4 Å². The number of aryl methyl sites for hydroxylation is 1. The van der Waals surface area contributed by atoms with Gasteiger partial charge in [0.2, 0.25) is 0 Å². The highest BCUT2D eigenvalue weighted by Gasteiger charge is 2.29. The average molecular weight is 483 g/mol. The fourth-order valence-corrected chi connectivity index (χ4v) is 3.96. The molecule has 0 saturated carbocycles. The second-order valence-electron chi connectivity index (χ2n) is 7.06. The van der Waals surface area contributed by atoms with Crippen LogP contribution < -0.4 is 5.56 Å². The molecule has 0 aliphatic carbocycles. The zero-order chi connectivity index (χ0) is 22.7. The first kappa shape index (κ1) is 23.5. The summed E-state index contributed by atoms with van der Waals surface area (Å²) < 4.78 is 6.66. The van der Waals surface area contributed by atoms with Crippen LogP contribution in [-0.2, 0) is 9.53 Å². The zero-order valence-electron chi connectivity index (χ0n) is 17.3. The Morgan fingerprint density at radius 1 is 1.23 bits per heavy atom. The lowest BCUT2D eigenvalue weighted by molar-refractivity contribution is -0.132. The number of hydrogen-bond acceptors (Lipinski definition) is 4. The van der Waals surface area contributed by atoms with Crippen molar-refractivity contribution in [3.05, 3.63) is 69.2 Å². The molecule has 0 bridgehead atoms. The Bertz CT molecular complexity index is 1160. The molecule has 1 unspecified atom stereocenters. The Hall–Kier alpha value is -2.12. The number of aromatic nitrogens is 2. The molecule has 1 atom stereocenters. The van der Waals surface area contributed by atoms with Crippen LogP contribution in [0, 0.1) is 6.92 Å². The molecule has 0 fully saturated rings. The number of methoxy groups -OCH3 is 1. The molecule has 1 aromatic heterocycles. The summed E-state index contributed by atoms with van der Waals surface area (Å²) in [6.07, 6.45) is 0. The molecule has 0 aliphatic heterocycles. The van der Waals surface area contributed by atoms with E-state index >= 15 is 0 Å². The lowest BCUT2D eigenvalue weighted by atomic mass is 10.1. The molecular formula is C22H22Cl3N3O3. The summed E-state index contributed by atoms with van der Waals surface area (Å²) in [5.74, 6) is -0.109. The highest BCUT2D eigenvalue weighted by atomic mass is 35.5. The molecule has 0 radical (unpaired) electrons. The molecule has 0 N–H and O–H groups in total. The van der Waals surface area contributed by atoms with Crippen molar-refractivity contribution < 1.29 is 9.53 Å². The first-order valence-electron chi connectivity index (χ1n) is 9.62. The van der Waals surface area contributed by atoms with E-state index < -0.39 is 16.8 Å². The van der Waals surface area contributed by atoms with Crippen molar-refractivity contribution in [3.8, 4) is 5.69 Å². The molecule has 0 spiro atoms. The standard InChI is InChI=1S/C22H22Cl3N3O3/c1-13-12-15(23)8-9-18(13)28-20(26-17-7-5-4-6-16(17)21(28)29)14(2)27(10-11-31-3)22(30)19(24)25/h4-9,12,14,19H,10-11H2,1-3H3. The van der Waals surface area contributed by atoms with E-state index in [0.717, 1.165) is 5.56 Å². The lowest BCUT2D eigenvalue weighted by Crippen LogP contribution is -2.41. The van der Waals surface area contributed by atoms with Crippen LogP contribution >= 0.6 is 34.8 Å². The number of fused-ring (bicyclic) bond motifs is 1. The van der Waals surface area contributed by atoms with Gasteiger partial charge in [-0.25, -0.2) is 4.98 Å². The first-order chi connectivity index (χ1) is 14.8. The van der Waals surface area contributed by atoms with Gasteiger partial charge in [0, 0.05) is 18.7 Å². The Kier molecular flexibility index (Phi) is 7.59. The fourth-order valence-electron chi connectivity index (χ4n) is 3.48. The second-order valence-corrected chi connectivity index (χ2v) is 8.59. The maximum Gasteiger partial charge on any atom is 0.266 e. The number of hydrogen-bond donors (Lipinski definition) is 0. The highest BCUT2D eigenvalue weighted by Crippen LogP contribution is 2.26. The molecule has 2 aromatic carbocycles. The summed E-state index contributed by atoms with van der Waals surface area (Å²) in [4.78, 5) is 31.3. The minimum Gasteiger partial charge on any atom is -0.383 e. The van der Waals surface area contributed by atoms with Gasteiger partial charge < -0.3 is 9.64 Å². The third kappa shape index (κ3) is 4.88. The van der Waals surface area contributed by atoms with Gasteiger partial charge in [-0.2, -0.15) is 0 Å². The van der Waals surface area contributed by atoms with Crippen LogP contribution in [0.5, 0.6) is 0 Å². The fraction of sp³-hybridized carbons (Fsp3) is 0.318. The van der Waals surface area contributed by atoms with Crippen molar-refractivity contribution in [2.45, 2.75) is 24.7 Å². The monoisotopic (exact) mass is 481 g/mol.